The van der Waals surface area contributed by atoms with E-state index in [-0.39, 0.29) is 11.4 Å². The van der Waals surface area contributed by atoms with Gasteiger partial charge in [-0.05, 0) is 38.0 Å². The molecule has 3 N–H and O–H groups in total. The maximum atomic E-state index is 13.0. The Morgan fingerprint density at radius 2 is 2.11 bits per heavy atom. The van der Waals surface area contributed by atoms with Crippen molar-refractivity contribution in [2.24, 2.45) is 0 Å². The van der Waals surface area contributed by atoms with Crippen LogP contribution in [-0.2, 0) is 10.9 Å². The van der Waals surface area contributed by atoms with Gasteiger partial charge in [0, 0.05) is 18.0 Å². The lowest BCUT2D eigenvalue weighted by atomic mass is 9.94. The Morgan fingerprint density at radius 1 is 1.37 bits per heavy atom. The van der Waals surface area contributed by atoms with Crippen LogP contribution in [0, 0.1) is 0 Å². The molecule has 0 aliphatic carbocycles. The Morgan fingerprint density at radius 3 is 2.68 bits per heavy atom. The van der Waals surface area contributed by atoms with Crippen LogP contribution in [0.15, 0.2) is 18.2 Å². The van der Waals surface area contributed by atoms with E-state index < -0.39 is 17.3 Å². The third-order valence-electron chi connectivity index (χ3n) is 3.22. The Kier molecular flexibility index (Phi) is 3.62. The number of hydrogen-bond acceptors (Lipinski definition) is 3. The fourth-order valence-electron chi connectivity index (χ4n) is 2.26. The van der Waals surface area contributed by atoms with E-state index in [1.54, 1.807) is 0 Å². The Bertz CT molecular complexity index is 454. The van der Waals surface area contributed by atoms with E-state index in [1.165, 1.54) is 12.1 Å². The molecular formula is C13H17F3N2O. The molecule has 1 atom stereocenters. The van der Waals surface area contributed by atoms with E-state index in [1.807, 2.05) is 6.92 Å². The quantitative estimate of drug-likeness (QED) is 0.814. The number of benzene rings is 1. The number of nitrogens with one attached hydrogen (secondary N) is 1. The number of halogens is 3. The van der Waals surface area contributed by atoms with Crippen molar-refractivity contribution >= 4 is 11.4 Å². The molecule has 1 fully saturated rings. The number of rotatable bonds is 2. The number of ether oxygens (including phenoxy) is 1. The van der Waals surface area contributed by atoms with Crippen LogP contribution in [0.4, 0.5) is 24.5 Å². The van der Waals surface area contributed by atoms with Crippen molar-refractivity contribution in [2.45, 2.75) is 31.5 Å². The monoisotopic (exact) mass is 274 g/mol. The molecule has 6 heteroatoms. The molecule has 0 bridgehead atoms. The highest BCUT2D eigenvalue weighted by Crippen LogP contribution is 2.38. The highest BCUT2D eigenvalue weighted by atomic mass is 19.4. The summed E-state index contributed by atoms with van der Waals surface area (Å²) in [6.07, 6.45) is -2.82. The summed E-state index contributed by atoms with van der Waals surface area (Å²) in [5.74, 6) is 0. The fourth-order valence-corrected chi connectivity index (χ4v) is 2.26. The average Bonchev–Trinajstić information content (AvgIpc) is 2.31. The fraction of sp³-hybridized carbons (Fsp3) is 0.538. The zero-order valence-electron chi connectivity index (χ0n) is 10.7. The van der Waals surface area contributed by atoms with Crippen LogP contribution >= 0.6 is 0 Å². The van der Waals surface area contributed by atoms with E-state index >= 15 is 0 Å². The van der Waals surface area contributed by atoms with E-state index in [2.05, 4.69) is 5.32 Å². The standard InChI is InChI=1S/C13H17F3N2O/c1-12(5-2-6-19-8-12)18-11-4-3-9(17)7-10(11)13(14,15)16/h3-4,7,18H,2,5-6,8,17H2,1H3. The summed E-state index contributed by atoms with van der Waals surface area (Å²) in [6.45, 7) is 2.92. The molecule has 2 rings (SSSR count). The summed E-state index contributed by atoms with van der Waals surface area (Å²) in [7, 11) is 0. The number of nitrogen functional groups attached to an aromatic ring is 1. The van der Waals surface area contributed by atoms with Crippen molar-refractivity contribution in [3.8, 4) is 0 Å². The Hall–Kier alpha value is -1.43. The summed E-state index contributed by atoms with van der Waals surface area (Å²) < 4.78 is 44.3. The molecule has 0 aromatic heterocycles. The van der Waals surface area contributed by atoms with Crippen LogP contribution in [0.1, 0.15) is 25.3 Å². The lowest BCUT2D eigenvalue weighted by Crippen LogP contribution is -2.43. The zero-order chi connectivity index (χ0) is 14.1. The molecule has 0 spiro atoms. The van der Waals surface area contributed by atoms with Crippen molar-refractivity contribution < 1.29 is 17.9 Å². The molecule has 0 amide bonds. The molecular weight excluding hydrogens is 257 g/mol. The molecule has 1 saturated heterocycles. The predicted molar refractivity (Wildman–Crippen MR) is 67.9 cm³/mol. The molecule has 19 heavy (non-hydrogen) atoms. The van der Waals surface area contributed by atoms with Crippen LogP contribution in [0.5, 0.6) is 0 Å². The van der Waals surface area contributed by atoms with Crippen molar-refractivity contribution in [1.82, 2.24) is 0 Å². The summed E-state index contributed by atoms with van der Waals surface area (Å²) >= 11 is 0. The second kappa shape index (κ2) is 4.92. The first-order valence-corrected chi connectivity index (χ1v) is 6.13. The van der Waals surface area contributed by atoms with Crippen molar-refractivity contribution in [2.75, 3.05) is 24.3 Å². The van der Waals surface area contributed by atoms with Gasteiger partial charge in [0.05, 0.1) is 17.7 Å². The smallest absolute Gasteiger partial charge is 0.399 e. The normalized spacial score (nSPS) is 24.2. The highest BCUT2D eigenvalue weighted by Gasteiger charge is 2.36. The summed E-state index contributed by atoms with van der Waals surface area (Å²) in [4.78, 5) is 0. The first-order valence-electron chi connectivity index (χ1n) is 6.13. The predicted octanol–water partition coefficient (Wildman–Crippen LogP) is 3.27. The van der Waals surface area contributed by atoms with E-state index in [0.717, 1.165) is 18.9 Å². The summed E-state index contributed by atoms with van der Waals surface area (Å²) in [6, 6.07) is 3.79. The van der Waals surface area contributed by atoms with Gasteiger partial charge in [-0.15, -0.1) is 0 Å². The van der Waals surface area contributed by atoms with Crippen LogP contribution < -0.4 is 11.1 Å². The van der Waals surface area contributed by atoms with E-state index in [9.17, 15) is 13.2 Å². The molecule has 0 saturated carbocycles. The second-order valence-corrected chi connectivity index (χ2v) is 5.14. The van der Waals surface area contributed by atoms with Gasteiger partial charge in [-0.3, -0.25) is 0 Å². The molecule has 1 heterocycles. The topological polar surface area (TPSA) is 47.3 Å². The second-order valence-electron chi connectivity index (χ2n) is 5.14. The molecule has 0 radical (unpaired) electrons. The zero-order valence-corrected chi connectivity index (χ0v) is 10.7. The number of nitrogens with two attached hydrogens (primary N) is 1. The van der Waals surface area contributed by atoms with Gasteiger partial charge in [0.2, 0.25) is 0 Å². The van der Waals surface area contributed by atoms with Crippen molar-refractivity contribution in [3.05, 3.63) is 23.8 Å². The molecule has 1 aliphatic rings. The lowest BCUT2D eigenvalue weighted by molar-refractivity contribution is -0.137. The molecule has 3 nitrogen and oxygen atoms in total. The molecule has 1 unspecified atom stereocenters. The first-order chi connectivity index (χ1) is 8.80. The SMILES string of the molecule is CC1(Nc2ccc(N)cc2C(F)(F)F)CCCOC1. The van der Waals surface area contributed by atoms with Gasteiger partial charge in [0.15, 0.2) is 0 Å². The molecule has 1 aromatic rings. The molecule has 106 valence electrons. The van der Waals surface area contributed by atoms with Crippen LogP contribution in [0.25, 0.3) is 0 Å². The van der Waals surface area contributed by atoms with Gasteiger partial charge >= 0.3 is 6.18 Å². The van der Waals surface area contributed by atoms with Gasteiger partial charge in [0.1, 0.15) is 0 Å². The molecule has 1 aromatic carbocycles. The van der Waals surface area contributed by atoms with Gasteiger partial charge in [-0.2, -0.15) is 13.2 Å². The van der Waals surface area contributed by atoms with Gasteiger partial charge < -0.3 is 15.8 Å². The maximum Gasteiger partial charge on any atom is 0.418 e. The number of anilines is 2. The maximum absolute atomic E-state index is 13.0. The van der Waals surface area contributed by atoms with Crippen LogP contribution in [0.2, 0.25) is 0 Å². The Balaban J connectivity index is 2.29. The summed E-state index contributed by atoms with van der Waals surface area (Å²) in [5.41, 5.74) is 4.37. The first kappa shape index (κ1) is 14.0. The minimum Gasteiger partial charge on any atom is -0.399 e. The minimum atomic E-state index is -4.43. The lowest BCUT2D eigenvalue weighted by Gasteiger charge is -2.36. The number of alkyl halides is 3. The van der Waals surface area contributed by atoms with Crippen LogP contribution in [0.3, 0.4) is 0 Å². The van der Waals surface area contributed by atoms with E-state index in [0.29, 0.717) is 13.2 Å². The van der Waals surface area contributed by atoms with Gasteiger partial charge in [-0.25, -0.2) is 0 Å². The summed E-state index contributed by atoms with van der Waals surface area (Å²) in [5, 5.41) is 2.96. The minimum absolute atomic E-state index is 0.0506. The largest absolute Gasteiger partial charge is 0.418 e. The third kappa shape index (κ3) is 3.32. The number of hydrogen-bond donors (Lipinski definition) is 2. The Labute approximate surface area is 109 Å². The highest BCUT2D eigenvalue weighted by molar-refractivity contribution is 5.60. The third-order valence-corrected chi connectivity index (χ3v) is 3.22. The van der Waals surface area contributed by atoms with Crippen molar-refractivity contribution in [3.63, 3.8) is 0 Å². The van der Waals surface area contributed by atoms with Crippen LogP contribution in [-0.4, -0.2) is 18.8 Å². The van der Waals surface area contributed by atoms with E-state index in [4.69, 9.17) is 10.5 Å². The van der Waals surface area contributed by atoms with Gasteiger partial charge in [0.25, 0.3) is 0 Å². The van der Waals surface area contributed by atoms with Gasteiger partial charge in [-0.1, -0.05) is 0 Å². The van der Waals surface area contributed by atoms with Crippen molar-refractivity contribution in [1.29, 1.82) is 0 Å². The molecule has 1 aliphatic heterocycles. The average molecular weight is 274 g/mol.